The minimum absolute atomic E-state index is 0.955. The lowest BCUT2D eigenvalue weighted by Crippen LogP contribution is -2.45. The van der Waals surface area contributed by atoms with E-state index in [0.717, 1.165) is 49.8 Å². The third-order valence-electron chi connectivity index (χ3n) is 4.83. The van der Waals surface area contributed by atoms with Gasteiger partial charge in [-0.15, -0.1) is 34.0 Å². The predicted octanol–water partition coefficient (Wildman–Crippen LogP) is 4.80. The first-order valence-electron chi connectivity index (χ1n) is 9.11. The third-order valence-corrected chi connectivity index (χ3v) is 7.78. The highest BCUT2D eigenvalue weighted by Crippen LogP contribution is 2.28. The number of piperazine rings is 1. The predicted molar refractivity (Wildman–Crippen MR) is 116 cm³/mol. The standard InChI is InChI=1S/C20H20N4S3/c1-2-5-17-16(4-1)22-19(27-17)13-24-9-7-23(8-10-24)12-15-14-26-20(21-15)18-6-3-11-25-18/h1-6,11,14H,7-10,12-13H2. The van der Waals surface area contributed by atoms with Gasteiger partial charge >= 0.3 is 0 Å². The van der Waals surface area contributed by atoms with Gasteiger partial charge in [0.25, 0.3) is 0 Å². The number of hydrogen-bond donors (Lipinski definition) is 0. The molecule has 4 heterocycles. The summed E-state index contributed by atoms with van der Waals surface area (Å²) < 4.78 is 1.29. The lowest BCUT2D eigenvalue weighted by Gasteiger charge is -2.33. The van der Waals surface area contributed by atoms with Crippen LogP contribution in [0.2, 0.25) is 0 Å². The van der Waals surface area contributed by atoms with E-state index in [2.05, 4.69) is 57.0 Å². The highest BCUT2D eigenvalue weighted by molar-refractivity contribution is 7.20. The molecule has 7 heteroatoms. The van der Waals surface area contributed by atoms with E-state index in [9.17, 15) is 0 Å². The number of aromatic nitrogens is 2. The van der Waals surface area contributed by atoms with Crippen molar-refractivity contribution in [3.8, 4) is 9.88 Å². The molecule has 4 aromatic rings. The van der Waals surface area contributed by atoms with Gasteiger partial charge in [-0.25, -0.2) is 9.97 Å². The van der Waals surface area contributed by atoms with Crippen LogP contribution in [0, 0.1) is 0 Å². The number of hydrogen-bond acceptors (Lipinski definition) is 7. The molecule has 138 valence electrons. The van der Waals surface area contributed by atoms with Crippen molar-refractivity contribution in [2.75, 3.05) is 26.2 Å². The van der Waals surface area contributed by atoms with Crippen molar-refractivity contribution in [3.05, 3.63) is 57.9 Å². The van der Waals surface area contributed by atoms with E-state index in [1.807, 2.05) is 11.3 Å². The smallest absolute Gasteiger partial charge is 0.133 e. The number of benzene rings is 1. The van der Waals surface area contributed by atoms with E-state index in [-0.39, 0.29) is 0 Å². The van der Waals surface area contributed by atoms with Crippen LogP contribution >= 0.6 is 34.0 Å². The van der Waals surface area contributed by atoms with Gasteiger partial charge in [0, 0.05) is 38.1 Å². The minimum atomic E-state index is 0.955. The fourth-order valence-electron chi connectivity index (χ4n) is 3.41. The second kappa shape index (κ2) is 7.77. The van der Waals surface area contributed by atoms with Crippen LogP contribution in [0.3, 0.4) is 0 Å². The molecule has 0 N–H and O–H groups in total. The van der Waals surface area contributed by atoms with Crippen LogP contribution in [0.15, 0.2) is 47.2 Å². The SMILES string of the molecule is c1csc(-c2nc(CN3CCN(Cc4nc5ccccc5s4)CC3)cs2)c1. The Morgan fingerprint density at radius 3 is 2.44 bits per heavy atom. The maximum absolute atomic E-state index is 4.82. The first-order chi connectivity index (χ1) is 13.3. The Kier molecular flexibility index (Phi) is 5.02. The molecule has 0 aliphatic carbocycles. The number of rotatable bonds is 5. The summed E-state index contributed by atoms with van der Waals surface area (Å²) in [7, 11) is 0. The van der Waals surface area contributed by atoms with Crippen LogP contribution in [0.1, 0.15) is 10.7 Å². The molecule has 0 bridgehead atoms. The van der Waals surface area contributed by atoms with Crippen molar-refractivity contribution in [2.24, 2.45) is 0 Å². The quantitative estimate of drug-likeness (QED) is 0.471. The topological polar surface area (TPSA) is 32.3 Å². The van der Waals surface area contributed by atoms with Crippen LogP contribution in [0.5, 0.6) is 0 Å². The van der Waals surface area contributed by atoms with Crippen LogP contribution in [0.25, 0.3) is 20.1 Å². The summed E-state index contributed by atoms with van der Waals surface area (Å²) in [6.45, 7) is 6.30. The van der Waals surface area contributed by atoms with Crippen molar-refractivity contribution in [1.82, 2.24) is 19.8 Å². The number of thiazole rings is 2. The molecule has 4 nitrogen and oxygen atoms in total. The average molecular weight is 413 g/mol. The molecule has 0 radical (unpaired) electrons. The van der Waals surface area contributed by atoms with E-state index in [1.54, 1.807) is 22.7 Å². The molecular formula is C20H20N4S3. The summed E-state index contributed by atoms with van der Waals surface area (Å²) in [6.07, 6.45) is 0. The molecule has 1 aliphatic rings. The van der Waals surface area contributed by atoms with E-state index < -0.39 is 0 Å². The Morgan fingerprint density at radius 2 is 1.67 bits per heavy atom. The van der Waals surface area contributed by atoms with Gasteiger partial charge in [0.2, 0.25) is 0 Å². The van der Waals surface area contributed by atoms with Gasteiger partial charge in [-0.2, -0.15) is 0 Å². The fraction of sp³-hybridized carbons (Fsp3) is 0.300. The van der Waals surface area contributed by atoms with E-state index in [0.29, 0.717) is 0 Å². The molecule has 1 aliphatic heterocycles. The normalized spacial score (nSPS) is 16.3. The average Bonchev–Trinajstić information content (AvgIpc) is 3.43. The van der Waals surface area contributed by atoms with E-state index >= 15 is 0 Å². The van der Waals surface area contributed by atoms with Crippen molar-refractivity contribution >= 4 is 44.2 Å². The second-order valence-corrected chi connectivity index (χ2v) is 9.67. The highest BCUT2D eigenvalue weighted by Gasteiger charge is 2.19. The Bertz CT molecular complexity index is 980. The zero-order chi connectivity index (χ0) is 18.1. The molecule has 3 aromatic heterocycles. The van der Waals surface area contributed by atoms with Gasteiger partial charge < -0.3 is 0 Å². The molecule has 0 spiro atoms. The summed E-state index contributed by atoms with van der Waals surface area (Å²) in [5, 5.41) is 6.70. The molecule has 0 atom stereocenters. The van der Waals surface area contributed by atoms with Gasteiger partial charge in [0.1, 0.15) is 10.0 Å². The highest BCUT2D eigenvalue weighted by atomic mass is 32.1. The van der Waals surface area contributed by atoms with Gasteiger partial charge in [0.15, 0.2) is 0 Å². The van der Waals surface area contributed by atoms with Crippen molar-refractivity contribution in [3.63, 3.8) is 0 Å². The number of para-hydroxylation sites is 1. The van der Waals surface area contributed by atoms with Crippen LogP contribution in [-0.2, 0) is 13.1 Å². The first-order valence-corrected chi connectivity index (χ1v) is 11.7. The Labute approximate surface area is 170 Å². The monoisotopic (exact) mass is 412 g/mol. The van der Waals surface area contributed by atoms with Crippen LogP contribution in [0.4, 0.5) is 0 Å². The second-order valence-electron chi connectivity index (χ2n) is 6.75. The maximum Gasteiger partial charge on any atom is 0.133 e. The van der Waals surface area contributed by atoms with E-state index in [4.69, 9.17) is 9.97 Å². The molecule has 0 saturated carbocycles. The Hall–Kier alpha value is -1.64. The van der Waals surface area contributed by atoms with Gasteiger partial charge in [-0.1, -0.05) is 18.2 Å². The van der Waals surface area contributed by atoms with Crippen molar-refractivity contribution in [2.45, 2.75) is 13.1 Å². The van der Waals surface area contributed by atoms with E-state index in [1.165, 1.54) is 20.3 Å². The molecule has 1 aromatic carbocycles. The number of fused-ring (bicyclic) bond motifs is 1. The lowest BCUT2D eigenvalue weighted by atomic mass is 10.3. The summed E-state index contributed by atoms with van der Waals surface area (Å²) in [4.78, 5) is 15.9. The van der Waals surface area contributed by atoms with Crippen molar-refractivity contribution < 1.29 is 0 Å². The fourth-order valence-corrected chi connectivity index (χ4v) is 6.04. The summed E-state index contributed by atoms with van der Waals surface area (Å²) in [5.74, 6) is 0. The molecule has 5 rings (SSSR count). The van der Waals surface area contributed by atoms with Gasteiger partial charge in [0.05, 0.1) is 27.3 Å². The molecular weight excluding hydrogens is 392 g/mol. The van der Waals surface area contributed by atoms with Crippen molar-refractivity contribution in [1.29, 1.82) is 0 Å². The number of nitrogens with zero attached hydrogens (tertiary/aromatic N) is 4. The summed E-state index contributed by atoms with van der Waals surface area (Å²) in [6, 6.07) is 12.6. The Balaban J connectivity index is 1.16. The van der Waals surface area contributed by atoms with Crippen LogP contribution < -0.4 is 0 Å². The minimum Gasteiger partial charge on any atom is -0.295 e. The third kappa shape index (κ3) is 3.97. The maximum atomic E-state index is 4.82. The zero-order valence-corrected chi connectivity index (χ0v) is 17.3. The summed E-state index contributed by atoms with van der Waals surface area (Å²) >= 11 is 5.34. The Morgan fingerprint density at radius 1 is 0.852 bits per heavy atom. The molecule has 0 unspecified atom stereocenters. The van der Waals surface area contributed by atoms with Gasteiger partial charge in [-0.3, -0.25) is 9.80 Å². The zero-order valence-electron chi connectivity index (χ0n) is 14.9. The van der Waals surface area contributed by atoms with Gasteiger partial charge in [-0.05, 0) is 23.6 Å². The largest absolute Gasteiger partial charge is 0.295 e. The number of thiophene rings is 1. The van der Waals surface area contributed by atoms with Crippen LogP contribution in [-0.4, -0.2) is 45.9 Å². The first kappa shape index (κ1) is 17.5. The molecule has 27 heavy (non-hydrogen) atoms. The molecule has 0 amide bonds. The molecule has 1 saturated heterocycles. The summed E-state index contributed by atoms with van der Waals surface area (Å²) in [5.41, 5.74) is 2.32. The molecule has 1 fully saturated rings. The lowest BCUT2D eigenvalue weighted by molar-refractivity contribution is 0.121.